The summed E-state index contributed by atoms with van der Waals surface area (Å²) in [6.45, 7) is 11.5. The molecule has 1 amide bonds. The van der Waals surface area contributed by atoms with Gasteiger partial charge < -0.3 is 5.32 Å². The smallest absolute Gasteiger partial charge is 0.226 e. The van der Waals surface area contributed by atoms with E-state index < -0.39 is 0 Å². The van der Waals surface area contributed by atoms with E-state index in [0.29, 0.717) is 11.3 Å². The summed E-state index contributed by atoms with van der Waals surface area (Å²) in [7, 11) is 0. The van der Waals surface area contributed by atoms with Crippen molar-refractivity contribution in [3.05, 3.63) is 29.3 Å². The molecule has 0 aliphatic rings. The molecule has 0 fully saturated rings. The van der Waals surface area contributed by atoms with Gasteiger partial charge in [-0.2, -0.15) is 0 Å². The molecule has 0 aliphatic heterocycles. The molecule has 0 spiro atoms. The normalized spacial score (nSPS) is 11.5. The number of anilines is 1. The Kier molecular flexibility index (Phi) is 4.51. The molecule has 0 heterocycles. The third-order valence-corrected chi connectivity index (χ3v) is 3.05. The van der Waals surface area contributed by atoms with Crippen molar-refractivity contribution in [3.63, 3.8) is 0 Å². The molecule has 3 heteroatoms. The van der Waals surface area contributed by atoms with E-state index in [1.165, 1.54) is 6.92 Å². The van der Waals surface area contributed by atoms with Crippen LogP contribution in [0.5, 0.6) is 0 Å². The second kappa shape index (κ2) is 5.55. The number of carbonyl (C=O) groups is 2. The van der Waals surface area contributed by atoms with Crippen molar-refractivity contribution in [3.8, 4) is 0 Å². The zero-order chi connectivity index (χ0) is 14.8. The van der Waals surface area contributed by atoms with Gasteiger partial charge in [-0.3, -0.25) is 9.59 Å². The molecular weight excluding hydrogens is 238 g/mol. The Hall–Kier alpha value is -1.64. The highest BCUT2D eigenvalue weighted by Gasteiger charge is 2.18. The minimum atomic E-state index is -0.113. The summed E-state index contributed by atoms with van der Waals surface area (Å²) >= 11 is 0. The van der Waals surface area contributed by atoms with Gasteiger partial charge in [0.1, 0.15) is 0 Å². The summed E-state index contributed by atoms with van der Waals surface area (Å²) in [6.07, 6.45) is 0. The maximum Gasteiger partial charge on any atom is 0.226 e. The standard InChI is InChI=1S/C16H23NO2/c1-10(2)15(19)17-14-9-12(16(4,5)6)7-8-13(14)11(3)18/h7-10H,1-6H3,(H,17,19). The molecule has 0 radical (unpaired) electrons. The molecule has 0 saturated heterocycles. The molecule has 0 aliphatic carbocycles. The topological polar surface area (TPSA) is 46.2 Å². The molecular formula is C16H23NO2. The van der Waals surface area contributed by atoms with Crippen LogP contribution in [0.4, 0.5) is 5.69 Å². The van der Waals surface area contributed by atoms with Gasteiger partial charge in [0.05, 0.1) is 5.69 Å². The Morgan fingerprint density at radius 2 is 1.74 bits per heavy atom. The largest absolute Gasteiger partial charge is 0.325 e. The zero-order valence-electron chi connectivity index (χ0n) is 12.6. The van der Waals surface area contributed by atoms with Crippen LogP contribution in [0.1, 0.15) is 57.5 Å². The number of carbonyl (C=O) groups excluding carboxylic acids is 2. The molecule has 0 atom stereocenters. The molecule has 0 bridgehead atoms. The first-order valence-corrected chi connectivity index (χ1v) is 6.59. The summed E-state index contributed by atoms with van der Waals surface area (Å²) in [5.41, 5.74) is 2.24. The number of hydrogen-bond donors (Lipinski definition) is 1. The third-order valence-electron chi connectivity index (χ3n) is 3.05. The predicted octanol–water partition coefficient (Wildman–Crippen LogP) is 3.78. The van der Waals surface area contributed by atoms with Crippen molar-refractivity contribution in [1.82, 2.24) is 0 Å². The fourth-order valence-electron chi connectivity index (χ4n) is 1.70. The molecule has 104 valence electrons. The van der Waals surface area contributed by atoms with Gasteiger partial charge in [0.15, 0.2) is 5.78 Å². The first kappa shape index (κ1) is 15.4. The molecule has 0 aromatic heterocycles. The van der Waals surface area contributed by atoms with E-state index in [2.05, 4.69) is 26.1 Å². The fourth-order valence-corrected chi connectivity index (χ4v) is 1.70. The van der Waals surface area contributed by atoms with Crippen LogP contribution in [0.15, 0.2) is 18.2 Å². The van der Waals surface area contributed by atoms with Gasteiger partial charge in [-0.15, -0.1) is 0 Å². The SMILES string of the molecule is CC(=O)c1ccc(C(C)(C)C)cc1NC(=O)C(C)C. The van der Waals surface area contributed by atoms with E-state index in [0.717, 1.165) is 5.56 Å². The van der Waals surface area contributed by atoms with E-state index in [1.54, 1.807) is 6.07 Å². The number of ketones is 1. The van der Waals surface area contributed by atoms with Crippen molar-refractivity contribution in [2.45, 2.75) is 47.0 Å². The molecule has 1 aromatic rings. The van der Waals surface area contributed by atoms with Gasteiger partial charge >= 0.3 is 0 Å². The maximum atomic E-state index is 11.8. The Labute approximate surface area is 115 Å². The highest BCUT2D eigenvalue weighted by atomic mass is 16.2. The van der Waals surface area contributed by atoms with Gasteiger partial charge in [0.2, 0.25) is 5.91 Å². The average molecular weight is 261 g/mol. The third kappa shape index (κ3) is 3.91. The van der Waals surface area contributed by atoms with Crippen LogP contribution >= 0.6 is 0 Å². The van der Waals surface area contributed by atoms with Crippen LogP contribution in [-0.2, 0) is 10.2 Å². The van der Waals surface area contributed by atoms with E-state index in [4.69, 9.17) is 0 Å². The summed E-state index contributed by atoms with van der Waals surface area (Å²) in [5.74, 6) is -0.230. The quantitative estimate of drug-likeness (QED) is 0.842. The molecule has 19 heavy (non-hydrogen) atoms. The number of rotatable bonds is 3. The van der Waals surface area contributed by atoms with E-state index in [1.807, 2.05) is 26.0 Å². The van der Waals surface area contributed by atoms with Gasteiger partial charge in [-0.1, -0.05) is 40.7 Å². The summed E-state index contributed by atoms with van der Waals surface area (Å²) in [6, 6.07) is 5.64. The second-order valence-corrected chi connectivity index (χ2v) is 6.21. The van der Waals surface area contributed by atoms with Crippen molar-refractivity contribution >= 4 is 17.4 Å². The van der Waals surface area contributed by atoms with E-state index >= 15 is 0 Å². The maximum absolute atomic E-state index is 11.8. The lowest BCUT2D eigenvalue weighted by molar-refractivity contribution is -0.118. The average Bonchev–Trinajstić information content (AvgIpc) is 2.27. The van der Waals surface area contributed by atoms with Crippen LogP contribution < -0.4 is 5.32 Å². The number of benzene rings is 1. The number of Topliss-reactive ketones (excluding diaryl/α,β-unsaturated/α-hetero) is 1. The molecule has 1 N–H and O–H groups in total. The van der Waals surface area contributed by atoms with E-state index in [9.17, 15) is 9.59 Å². The van der Waals surface area contributed by atoms with E-state index in [-0.39, 0.29) is 23.0 Å². The fraction of sp³-hybridized carbons (Fsp3) is 0.500. The Balaban J connectivity index is 3.24. The first-order valence-electron chi connectivity index (χ1n) is 6.59. The Morgan fingerprint density at radius 1 is 1.16 bits per heavy atom. The van der Waals surface area contributed by atoms with Crippen LogP contribution in [0.2, 0.25) is 0 Å². The highest BCUT2D eigenvalue weighted by molar-refractivity contribution is 6.04. The predicted molar refractivity (Wildman–Crippen MR) is 78.6 cm³/mol. The monoisotopic (exact) mass is 261 g/mol. The van der Waals surface area contributed by atoms with Crippen molar-refractivity contribution in [1.29, 1.82) is 0 Å². The molecule has 1 aromatic carbocycles. The molecule has 1 rings (SSSR count). The Morgan fingerprint density at radius 3 is 2.16 bits per heavy atom. The van der Waals surface area contributed by atoms with Gasteiger partial charge in [0.25, 0.3) is 0 Å². The zero-order valence-corrected chi connectivity index (χ0v) is 12.6. The van der Waals surface area contributed by atoms with Gasteiger partial charge in [0, 0.05) is 11.5 Å². The van der Waals surface area contributed by atoms with Crippen LogP contribution in [-0.4, -0.2) is 11.7 Å². The lowest BCUT2D eigenvalue weighted by Crippen LogP contribution is -2.20. The summed E-state index contributed by atoms with van der Waals surface area (Å²) in [5, 5.41) is 2.84. The van der Waals surface area contributed by atoms with Crippen LogP contribution in [0.3, 0.4) is 0 Å². The summed E-state index contributed by atoms with van der Waals surface area (Å²) < 4.78 is 0. The minimum Gasteiger partial charge on any atom is -0.325 e. The number of hydrogen-bond acceptors (Lipinski definition) is 2. The van der Waals surface area contributed by atoms with Crippen LogP contribution in [0.25, 0.3) is 0 Å². The molecule has 3 nitrogen and oxygen atoms in total. The van der Waals surface area contributed by atoms with Crippen molar-refractivity contribution in [2.24, 2.45) is 5.92 Å². The lowest BCUT2D eigenvalue weighted by Gasteiger charge is -2.21. The van der Waals surface area contributed by atoms with Gasteiger partial charge in [-0.05, 0) is 30.0 Å². The molecule has 0 unspecified atom stereocenters. The lowest BCUT2D eigenvalue weighted by atomic mass is 9.86. The van der Waals surface area contributed by atoms with Gasteiger partial charge in [-0.25, -0.2) is 0 Å². The highest BCUT2D eigenvalue weighted by Crippen LogP contribution is 2.27. The second-order valence-electron chi connectivity index (χ2n) is 6.21. The summed E-state index contributed by atoms with van der Waals surface area (Å²) in [4.78, 5) is 23.5. The number of amides is 1. The first-order chi connectivity index (χ1) is 8.62. The van der Waals surface area contributed by atoms with Crippen LogP contribution in [0, 0.1) is 5.92 Å². The number of nitrogens with one attached hydrogen (secondary N) is 1. The van der Waals surface area contributed by atoms with Crippen molar-refractivity contribution in [2.75, 3.05) is 5.32 Å². The van der Waals surface area contributed by atoms with Crippen molar-refractivity contribution < 1.29 is 9.59 Å². The molecule has 0 saturated carbocycles. The Bertz CT molecular complexity index is 496. The minimum absolute atomic E-state index is 0.0212.